The Bertz CT molecular complexity index is 1180. The molecule has 1 aromatic heterocycles. The van der Waals surface area contributed by atoms with Crippen LogP contribution >= 0.6 is 10.6 Å². The summed E-state index contributed by atoms with van der Waals surface area (Å²) < 4.78 is 16.6. The Hall–Kier alpha value is -3.08. The molecule has 0 aliphatic carbocycles. The van der Waals surface area contributed by atoms with E-state index in [0.717, 1.165) is 54.2 Å². The number of piperazine rings is 1. The van der Waals surface area contributed by atoms with Gasteiger partial charge in [0, 0.05) is 43.4 Å². The van der Waals surface area contributed by atoms with Crippen LogP contribution in [0.1, 0.15) is 30.9 Å². The normalized spacial score (nSPS) is 21.1. The van der Waals surface area contributed by atoms with Gasteiger partial charge in [-0.05, 0) is 55.2 Å². The summed E-state index contributed by atoms with van der Waals surface area (Å²) in [5.74, 6) is -0.488. The fourth-order valence-corrected chi connectivity index (χ4v) is 7.02. The fraction of sp³-hybridized carbons (Fsp3) is 0.400. The molecule has 10 heteroatoms. The highest BCUT2D eigenvalue weighted by atomic mass is 32.3. The lowest BCUT2D eigenvalue weighted by molar-refractivity contribution is -0.150. The zero-order valence-electron chi connectivity index (χ0n) is 19.8. The minimum atomic E-state index is -2.68. The van der Waals surface area contributed by atoms with Crippen LogP contribution in [0.4, 0.5) is 5.82 Å². The Morgan fingerprint density at radius 2 is 2.06 bits per heavy atom. The maximum Gasteiger partial charge on any atom is 0.441 e. The van der Waals surface area contributed by atoms with Crippen molar-refractivity contribution in [1.82, 2.24) is 10.3 Å². The van der Waals surface area contributed by atoms with Gasteiger partial charge in [-0.15, -0.1) is 0 Å². The first-order valence-corrected chi connectivity index (χ1v) is 13.3. The second kappa shape index (κ2) is 9.52. The summed E-state index contributed by atoms with van der Waals surface area (Å²) in [7, 11) is -1.04. The van der Waals surface area contributed by atoms with Gasteiger partial charge in [0.1, 0.15) is 10.6 Å². The van der Waals surface area contributed by atoms with Crippen molar-refractivity contribution in [3.63, 3.8) is 0 Å². The number of methoxy groups -OCH3 is 1. The van der Waals surface area contributed by atoms with E-state index >= 15 is 0 Å². The van der Waals surface area contributed by atoms with Crippen molar-refractivity contribution >= 4 is 34.4 Å². The molecule has 0 radical (unpaired) electrons. The quantitative estimate of drug-likeness (QED) is 0.556. The summed E-state index contributed by atoms with van der Waals surface area (Å²) in [4.78, 5) is 32.1. The van der Waals surface area contributed by atoms with Gasteiger partial charge in [-0.3, -0.25) is 0 Å². The van der Waals surface area contributed by atoms with Crippen LogP contribution in [0.5, 0.6) is 5.75 Å². The number of hydrogen-bond donors (Lipinski definition) is 2. The number of rotatable bonds is 7. The number of aliphatic hydroxyl groups excluding tert-OH is 1. The predicted molar refractivity (Wildman–Crippen MR) is 133 cm³/mol. The molecule has 2 fully saturated rings. The van der Waals surface area contributed by atoms with Crippen molar-refractivity contribution in [2.24, 2.45) is 0 Å². The third-order valence-corrected chi connectivity index (χ3v) is 8.81. The number of fused-ring (bicyclic) bond motifs is 2. The molecule has 0 amide bonds. The van der Waals surface area contributed by atoms with E-state index in [9.17, 15) is 14.7 Å². The van der Waals surface area contributed by atoms with Crippen LogP contribution in [-0.4, -0.2) is 61.4 Å². The molecule has 3 aliphatic rings. The Morgan fingerprint density at radius 1 is 1.26 bits per heavy atom. The average molecular weight is 500 g/mol. The molecular formula is C25H29N3O6S. The van der Waals surface area contributed by atoms with Gasteiger partial charge in [0.05, 0.1) is 18.2 Å². The van der Waals surface area contributed by atoms with Crippen molar-refractivity contribution in [2.45, 2.75) is 37.1 Å². The SMILES string of the molecule is CCC1CNCCN1c1nc(-c2ccc(OC)c(CCCO)c2)cc2c1S1(C=C2)OC(=O)C(=O)O1. The second-order valence-electron chi connectivity index (χ2n) is 8.65. The van der Waals surface area contributed by atoms with Gasteiger partial charge in [-0.2, -0.15) is 0 Å². The number of benzene rings is 1. The molecule has 1 spiro atoms. The number of aromatic nitrogens is 1. The summed E-state index contributed by atoms with van der Waals surface area (Å²) in [6.07, 6.45) is 4.06. The molecule has 0 bridgehead atoms. The topological polar surface area (TPSA) is 110 Å². The van der Waals surface area contributed by atoms with Gasteiger partial charge in [-0.25, -0.2) is 14.6 Å². The number of anilines is 1. The lowest BCUT2D eigenvalue weighted by Crippen LogP contribution is -2.51. The Kier molecular flexibility index (Phi) is 6.43. The highest BCUT2D eigenvalue weighted by Gasteiger charge is 2.48. The Labute approximate surface area is 205 Å². The molecule has 5 rings (SSSR count). The van der Waals surface area contributed by atoms with Gasteiger partial charge in [0.15, 0.2) is 5.82 Å². The second-order valence-corrected chi connectivity index (χ2v) is 10.8. The summed E-state index contributed by atoms with van der Waals surface area (Å²) in [6, 6.07) is 8.05. The van der Waals surface area contributed by atoms with Crippen molar-refractivity contribution < 1.29 is 27.8 Å². The van der Waals surface area contributed by atoms with E-state index in [-0.39, 0.29) is 12.6 Å². The standard InChI is InChI=1S/C25H29N3O6S/c1-3-19-15-26-9-10-28(19)23-22-18(8-12-35(22)33-24(30)25(31)34-35)14-20(27-23)16-6-7-21(32-2)17(13-16)5-4-11-29/h6-8,12-14,19,26,29H,3-5,9-11,15H2,1-2H3. The van der Waals surface area contributed by atoms with Gasteiger partial charge in [0.25, 0.3) is 0 Å². The number of carbonyl (C=O) groups excluding carboxylic acids is 2. The average Bonchev–Trinajstić information content (AvgIpc) is 3.39. The van der Waals surface area contributed by atoms with Gasteiger partial charge in [-0.1, -0.05) is 17.5 Å². The molecule has 1 unspecified atom stereocenters. The van der Waals surface area contributed by atoms with E-state index in [4.69, 9.17) is 18.1 Å². The summed E-state index contributed by atoms with van der Waals surface area (Å²) >= 11 is 0. The molecule has 1 atom stereocenters. The molecule has 2 saturated heterocycles. The molecule has 2 aromatic rings. The molecule has 2 N–H and O–H groups in total. The monoisotopic (exact) mass is 499 g/mol. The Balaban J connectivity index is 1.65. The van der Waals surface area contributed by atoms with E-state index in [1.54, 1.807) is 12.5 Å². The first-order chi connectivity index (χ1) is 17.0. The molecule has 9 nitrogen and oxygen atoms in total. The lowest BCUT2D eigenvalue weighted by Gasteiger charge is -2.40. The van der Waals surface area contributed by atoms with Gasteiger partial charge < -0.3 is 28.4 Å². The van der Waals surface area contributed by atoms with Crippen LogP contribution in [0, 0.1) is 0 Å². The maximum absolute atomic E-state index is 12.0. The molecular weight excluding hydrogens is 470 g/mol. The van der Waals surface area contributed by atoms with Crippen LogP contribution in [-0.2, 0) is 24.4 Å². The molecule has 0 saturated carbocycles. The van der Waals surface area contributed by atoms with E-state index < -0.39 is 22.5 Å². The third-order valence-electron chi connectivity index (χ3n) is 6.53. The summed E-state index contributed by atoms with van der Waals surface area (Å²) in [6.45, 7) is 4.55. The number of aryl methyl sites for hydroxylation is 1. The van der Waals surface area contributed by atoms with Crippen molar-refractivity contribution in [3.05, 3.63) is 40.8 Å². The van der Waals surface area contributed by atoms with Crippen LogP contribution in [0.3, 0.4) is 0 Å². The summed E-state index contributed by atoms with van der Waals surface area (Å²) in [5.41, 5.74) is 3.49. The van der Waals surface area contributed by atoms with Gasteiger partial charge in [0.2, 0.25) is 0 Å². The number of aliphatic hydroxyl groups is 1. The molecule has 3 aliphatic heterocycles. The first kappa shape index (κ1) is 23.7. The molecule has 1 aromatic carbocycles. The van der Waals surface area contributed by atoms with E-state index in [2.05, 4.69) is 17.1 Å². The number of nitrogens with zero attached hydrogens (tertiary/aromatic N) is 2. The summed E-state index contributed by atoms with van der Waals surface area (Å²) in [5, 5.41) is 14.4. The van der Waals surface area contributed by atoms with Gasteiger partial charge >= 0.3 is 11.9 Å². The van der Waals surface area contributed by atoms with Crippen molar-refractivity contribution in [1.29, 1.82) is 0 Å². The van der Waals surface area contributed by atoms with E-state index in [1.807, 2.05) is 30.3 Å². The van der Waals surface area contributed by atoms with Crippen LogP contribution < -0.4 is 15.0 Å². The van der Waals surface area contributed by atoms with Crippen LogP contribution in [0.2, 0.25) is 0 Å². The Morgan fingerprint density at radius 3 is 2.77 bits per heavy atom. The van der Waals surface area contributed by atoms with E-state index in [0.29, 0.717) is 23.6 Å². The zero-order valence-corrected chi connectivity index (χ0v) is 20.6. The minimum absolute atomic E-state index is 0.100. The highest BCUT2D eigenvalue weighted by molar-refractivity contribution is 8.29. The molecule has 186 valence electrons. The number of hydrogen-bond acceptors (Lipinski definition) is 9. The number of nitrogens with one attached hydrogen (secondary N) is 1. The maximum atomic E-state index is 12.0. The third kappa shape index (κ3) is 4.15. The van der Waals surface area contributed by atoms with Crippen molar-refractivity contribution in [2.75, 3.05) is 38.3 Å². The van der Waals surface area contributed by atoms with Crippen LogP contribution in [0.15, 0.2) is 34.6 Å². The first-order valence-electron chi connectivity index (χ1n) is 11.8. The highest BCUT2D eigenvalue weighted by Crippen LogP contribution is 2.69. The number of carbonyl (C=O) groups is 2. The number of pyridine rings is 1. The van der Waals surface area contributed by atoms with Crippen LogP contribution in [0.25, 0.3) is 17.3 Å². The zero-order chi connectivity index (χ0) is 24.6. The smallest absolute Gasteiger partial charge is 0.441 e. The van der Waals surface area contributed by atoms with Crippen molar-refractivity contribution in [3.8, 4) is 17.0 Å². The molecule has 4 heterocycles. The fourth-order valence-electron chi connectivity index (χ4n) is 4.78. The largest absolute Gasteiger partial charge is 0.496 e. The van der Waals surface area contributed by atoms with E-state index in [1.165, 1.54) is 0 Å². The predicted octanol–water partition coefficient (Wildman–Crippen LogP) is 2.95. The molecule has 35 heavy (non-hydrogen) atoms. The minimum Gasteiger partial charge on any atom is -0.496 e. The number of ether oxygens (including phenoxy) is 1. The lowest BCUT2D eigenvalue weighted by atomic mass is 10.0.